The van der Waals surface area contributed by atoms with Crippen molar-refractivity contribution in [2.75, 3.05) is 11.9 Å². The highest BCUT2D eigenvalue weighted by atomic mass is 35.5. The number of benzene rings is 1. The van der Waals surface area contributed by atoms with Crippen LogP contribution in [0.5, 0.6) is 0 Å². The molecular formula is C13H12Cl2N2O2S. The second-order valence-electron chi connectivity index (χ2n) is 3.94. The van der Waals surface area contributed by atoms with Gasteiger partial charge < -0.3 is 10.1 Å². The molecule has 1 aromatic heterocycles. The summed E-state index contributed by atoms with van der Waals surface area (Å²) < 4.78 is 9.20. The molecule has 20 heavy (non-hydrogen) atoms. The lowest BCUT2D eigenvalue weighted by atomic mass is 10.2. The standard InChI is InChI=1S/C13H12Cl2N2O2S/c1-3-19-13(18)11-7(2)17-20-12(11)16-10-5-4-8(14)6-9(10)15/h4-6,16H,3H2,1-2H3. The van der Waals surface area contributed by atoms with E-state index in [1.54, 1.807) is 32.0 Å². The van der Waals surface area contributed by atoms with Crippen LogP contribution in [-0.2, 0) is 4.74 Å². The Morgan fingerprint density at radius 1 is 1.45 bits per heavy atom. The number of halogens is 2. The molecule has 106 valence electrons. The summed E-state index contributed by atoms with van der Waals surface area (Å²) >= 11 is 13.1. The van der Waals surface area contributed by atoms with Crippen LogP contribution in [0.3, 0.4) is 0 Å². The maximum atomic E-state index is 11.9. The fourth-order valence-electron chi connectivity index (χ4n) is 1.61. The second-order valence-corrected chi connectivity index (χ2v) is 5.56. The van der Waals surface area contributed by atoms with Crippen molar-refractivity contribution >= 4 is 51.4 Å². The first-order valence-corrected chi connectivity index (χ1v) is 7.41. The number of nitrogens with zero attached hydrogens (tertiary/aromatic N) is 1. The molecule has 0 amide bonds. The third kappa shape index (κ3) is 3.23. The van der Waals surface area contributed by atoms with Gasteiger partial charge in [-0.05, 0) is 43.6 Å². The van der Waals surface area contributed by atoms with E-state index in [2.05, 4.69) is 9.69 Å². The molecule has 1 N–H and O–H groups in total. The fraction of sp³-hybridized carbons (Fsp3) is 0.231. The molecule has 0 bridgehead atoms. The summed E-state index contributed by atoms with van der Waals surface area (Å²) in [6.07, 6.45) is 0. The minimum absolute atomic E-state index is 0.315. The number of hydrogen-bond acceptors (Lipinski definition) is 5. The Bertz CT molecular complexity index is 643. The topological polar surface area (TPSA) is 51.2 Å². The fourth-order valence-corrected chi connectivity index (χ4v) is 2.87. The van der Waals surface area contributed by atoms with Crippen LogP contribution in [0.25, 0.3) is 0 Å². The van der Waals surface area contributed by atoms with Gasteiger partial charge in [0, 0.05) is 5.02 Å². The zero-order valence-corrected chi connectivity index (χ0v) is 13.2. The largest absolute Gasteiger partial charge is 0.462 e. The molecule has 7 heteroatoms. The molecule has 0 radical (unpaired) electrons. The van der Waals surface area contributed by atoms with Gasteiger partial charge in [0.25, 0.3) is 0 Å². The molecule has 0 aliphatic heterocycles. The second kappa shape index (κ2) is 6.43. The normalized spacial score (nSPS) is 10.4. The third-order valence-corrected chi connectivity index (χ3v) is 3.92. The predicted molar refractivity (Wildman–Crippen MR) is 82.6 cm³/mol. The van der Waals surface area contributed by atoms with E-state index >= 15 is 0 Å². The average molecular weight is 331 g/mol. The van der Waals surface area contributed by atoms with Crippen LogP contribution in [0, 0.1) is 6.92 Å². The molecule has 0 atom stereocenters. The number of hydrogen-bond donors (Lipinski definition) is 1. The first kappa shape index (κ1) is 15.1. The Morgan fingerprint density at radius 3 is 2.85 bits per heavy atom. The van der Waals surface area contributed by atoms with Crippen molar-refractivity contribution in [3.8, 4) is 0 Å². The van der Waals surface area contributed by atoms with Gasteiger partial charge in [-0.2, -0.15) is 4.37 Å². The number of nitrogens with one attached hydrogen (secondary N) is 1. The predicted octanol–water partition coefficient (Wildman–Crippen LogP) is 4.68. The number of rotatable bonds is 4. The summed E-state index contributed by atoms with van der Waals surface area (Å²) in [6.45, 7) is 3.84. The Hall–Kier alpha value is -1.30. The van der Waals surface area contributed by atoms with E-state index in [1.165, 1.54) is 11.5 Å². The van der Waals surface area contributed by atoms with Crippen LogP contribution in [0.2, 0.25) is 10.0 Å². The van der Waals surface area contributed by atoms with Crippen molar-refractivity contribution in [2.24, 2.45) is 0 Å². The number of esters is 1. The van der Waals surface area contributed by atoms with Crippen LogP contribution < -0.4 is 5.32 Å². The molecule has 0 aliphatic rings. The Balaban J connectivity index is 2.32. The van der Waals surface area contributed by atoms with Gasteiger partial charge in [0.2, 0.25) is 0 Å². The van der Waals surface area contributed by atoms with E-state index < -0.39 is 5.97 Å². The van der Waals surface area contributed by atoms with Crippen molar-refractivity contribution in [3.05, 3.63) is 39.5 Å². The number of aromatic nitrogens is 1. The van der Waals surface area contributed by atoms with E-state index in [1.807, 2.05) is 0 Å². The highest BCUT2D eigenvalue weighted by Gasteiger charge is 2.20. The summed E-state index contributed by atoms with van der Waals surface area (Å²) in [5.41, 5.74) is 1.72. The van der Waals surface area contributed by atoms with E-state index in [-0.39, 0.29) is 0 Å². The van der Waals surface area contributed by atoms with E-state index in [0.717, 1.165) is 0 Å². The lowest BCUT2D eigenvalue weighted by Crippen LogP contribution is -2.07. The van der Waals surface area contributed by atoms with E-state index in [0.29, 0.717) is 38.6 Å². The molecule has 2 rings (SSSR count). The quantitative estimate of drug-likeness (QED) is 0.827. The number of ether oxygens (including phenoxy) is 1. The summed E-state index contributed by atoms with van der Waals surface area (Å²) in [7, 11) is 0. The molecular weight excluding hydrogens is 319 g/mol. The van der Waals surface area contributed by atoms with Gasteiger partial charge in [0.1, 0.15) is 10.6 Å². The van der Waals surface area contributed by atoms with Gasteiger partial charge in [-0.25, -0.2) is 4.79 Å². The van der Waals surface area contributed by atoms with E-state index in [4.69, 9.17) is 27.9 Å². The van der Waals surface area contributed by atoms with Gasteiger partial charge in [0.05, 0.1) is 23.0 Å². The Morgan fingerprint density at radius 2 is 2.20 bits per heavy atom. The van der Waals surface area contributed by atoms with Crippen LogP contribution in [0.4, 0.5) is 10.7 Å². The summed E-state index contributed by atoms with van der Waals surface area (Å²) in [4.78, 5) is 11.9. The molecule has 0 saturated carbocycles. The Labute approximate surface area is 130 Å². The summed E-state index contributed by atoms with van der Waals surface area (Å²) in [5.74, 6) is -0.397. The SMILES string of the molecule is CCOC(=O)c1c(C)nsc1Nc1ccc(Cl)cc1Cl. The van der Waals surface area contributed by atoms with Gasteiger partial charge in [0.15, 0.2) is 0 Å². The number of carbonyl (C=O) groups is 1. The zero-order chi connectivity index (χ0) is 14.7. The average Bonchev–Trinajstić information content (AvgIpc) is 2.74. The minimum atomic E-state index is -0.397. The van der Waals surface area contributed by atoms with Gasteiger partial charge in [-0.1, -0.05) is 23.2 Å². The summed E-state index contributed by atoms with van der Waals surface area (Å²) in [5, 5.41) is 4.71. The van der Waals surface area contributed by atoms with Gasteiger partial charge in [-0.15, -0.1) is 0 Å². The Kier molecular flexibility index (Phi) is 4.86. The summed E-state index contributed by atoms with van der Waals surface area (Å²) in [6, 6.07) is 5.09. The number of anilines is 2. The van der Waals surface area contributed by atoms with E-state index in [9.17, 15) is 4.79 Å². The van der Waals surface area contributed by atoms with Crippen LogP contribution >= 0.6 is 34.7 Å². The molecule has 1 heterocycles. The van der Waals surface area contributed by atoms with Gasteiger partial charge >= 0.3 is 5.97 Å². The first-order valence-electron chi connectivity index (χ1n) is 5.88. The van der Waals surface area contributed by atoms with Crippen LogP contribution in [0.15, 0.2) is 18.2 Å². The van der Waals surface area contributed by atoms with Crippen molar-refractivity contribution in [3.63, 3.8) is 0 Å². The highest BCUT2D eigenvalue weighted by Crippen LogP contribution is 2.33. The monoisotopic (exact) mass is 330 g/mol. The first-order chi connectivity index (χ1) is 9.52. The molecule has 4 nitrogen and oxygen atoms in total. The maximum absolute atomic E-state index is 11.9. The lowest BCUT2D eigenvalue weighted by Gasteiger charge is -2.08. The van der Waals surface area contributed by atoms with Gasteiger partial charge in [-0.3, -0.25) is 0 Å². The highest BCUT2D eigenvalue weighted by molar-refractivity contribution is 7.10. The molecule has 2 aromatic rings. The molecule has 0 fully saturated rings. The van der Waals surface area contributed by atoms with Crippen molar-refractivity contribution in [1.82, 2.24) is 4.37 Å². The molecule has 0 aliphatic carbocycles. The van der Waals surface area contributed by atoms with Crippen molar-refractivity contribution in [1.29, 1.82) is 0 Å². The third-order valence-electron chi connectivity index (χ3n) is 2.52. The maximum Gasteiger partial charge on any atom is 0.343 e. The molecule has 0 saturated heterocycles. The molecule has 1 aromatic carbocycles. The van der Waals surface area contributed by atoms with Crippen molar-refractivity contribution in [2.45, 2.75) is 13.8 Å². The smallest absolute Gasteiger partial charge is 0.343 e. The lowest BCUT2D eigenvalue weighted by molar-refractivity contribution is 0.0527. The molecule has 0 unspecified atom stereocenters. The van der Waals surface area contributed by atoms with Crippen molar-refractivity contribution < 1.29 is 9.53 Å². The molecule has 0 spiro atoms. The van der Waals surface area contributed by atoms with Crippen LogP contribution in [-0.4, -0.2) is 16.9 Å². The zero-order valence-electron chi connectivity index (χ0n) is 10.9. The van der Waals surface area contributed by atoms with Crippen LogP contribution in [0.1, 0.15) is 23.0 Å². The number of carbonyl (C=O) groups excluding carboxylic acids is 1. The minimum Gasteiger partial charge on any atom is -0.462 e. The number of aryl methyl sites for hydroxylation is 1.